The van der Waals surface area contributed by atoms with Crippen LogP contribution in [0.1, 0.15) is 18.4 Å². The summed E-state index contributed by atoms with van der Waals surface area (Å²) < 4.78 is 6.21. The van der Waals surface area contributed by atoms with Crippen molar-refractivity contribution in [3.05, 3.63) is 75.8 Å². The van der Waals surface area contributed by atoms with Crippen molar-refractivity contribution < 1.29 is 14.3 Å². The molecular weight excluding hydrogens is 406 g/mol. The smallest absolute Gasteiger partial charge is 0.325 e. The first-order valence-electron chi connectivity index (χ1n) is 9.51. The standard InChI is InChI=1S/C22H22ClN3O4/c1-30-21(28)14-26(13-16-8-10-17(23)11-9-16)20(27)7-4-12-25-15-24-19-6-3-2-5-18(19)22(25)29/h2-3,5-6,8-11,15H,4,7,12-14H2,1H3. The van der Waals surface area contributed by atoms with Crippen LogP contribution in [0.4, 0.5) is 0 Å². The molecule has 0 atom stereocenters. The van der Waals surface area contributed by atoms with E-state index >= 15 is 0 Å². The molecule has 0 unspecified atom stereocenters. The molecule has 0 N–H and O–H groups in total. The van der Waals surface area contributed by atoms with Gasteiger partial charge in [0.05, 0.1) is 24.3 Å². The SMILES string of the molecule is COC(=O)CN(Cc1ccc(Cl)cc1)C(=O)CCCn1cnc2ccccc2c1=O. The van der Waals surface area contributed by atoms with Gasteiger partial charge in [-0.05, 0) is 36.2 Å². The van der Waals surface area contributed by atoms with Crippen LogP contribution in [0, 0.1) is 0 Å². The predicted molar refractivity (Wildman–Crippen MR) is 114 cm³/mol. The first-order valence-corrected chi connectivity index (χ1v) is 9.89. The maximum Gasteiger partial charge on any atom is 0.325 e. The highest BCUT2D eigenvalue weighted by Crippen LogP contribution is 2.13. The zero-order valence-corrected chi connectivity index (χ0v) is 17.3. The third-order valence-corrected chi connectivity index (χ3v) is 4.96. The Kier molecular flexibility index (Phi) is 7.19. The fourth-order valence-electron chi connectivity index (χ4n) is 3.09. The summed E-state index contributed by atoms with van der Waals surface area (Å²) in [4.78, 5) is 42.8. The number of para-hydroxylation sites is 1. The number of hydrogen-bond donors (Lipinski definition) is 0. The largest absolute Gasteiger partial charge is 0.468 e. The topological polar surface area (TPSA) is 81.5 Å². The number of carbonyl (C=O) groups is 2. The van der Waals surface area contributed by atoms with Crippen molar-refractivity contribution in [1.82, 2.24) is 14.5 Å². The number of ether oxygens (including phenoxy) is 1. The van der Waals surface area contributed by atoms with Crippen LogP contribution < -0.4 is 5.56 Å². The lowest BCUT2D eigenvalue weighted by Crippen LogP contribution is -2.35. The Balaban J connectivity index is 1.65. The molecule has 0 bridgehead atoms. The van der Waals surface area contributed by atoms with Crippen LogP contribution in [-0.4, -0.2) is 40.0 Å². The number of esters is 1. The Labute approximate surface area is 178 Å². The Bertz CT molecular complexity index is 1100. The molecule has 0 aliphatic rings. The average molecular weight is 428 g/mol. The van der Waals surface area contributed by atoms with Gasteiger partial charge in [0.15, 0.2) is 0 Å². The van der Waals surface area contributed by atoms with Gasteiger partial charge in [0.2, 0.25) is 5.91 Å². The molecule has 30 heavy (non-hydrogen) atoms. The number of fused-ring (bicyclic) bond motifs is 1. The van der Waals surface area contributed by atoms with Gasteiger partial charge in [-0.2, -0.15) is 0 Å². The van der Waals surface area contributed by atoms with Crippen LogP contribution >= 0.6 is 11.6 Å². The van der Waals surface area contributed by atoms with Crippen LogP contribution in [0.3, 0.4) is 0 Å². The molecule has 0 fully saturated rings. The van der Waals surface area contributed by atoms with Crippen molar-refractivity contribution in [3.63, 3.8) is 0 Å². The molecule has 3 aromatic rings. The molecule has 0 radical (unpaired) electrons. The van der Waals surface area contributed by atoms with Crippen LogP contribution in [0.5, 0.6) is 0 Å². The highest BCUT2D eigenvalue weighted by atomic mass is 35.5. The maximum atomic E-state index is 12.7. The Morgan fingerprint density at radius 2 is 1.87 bits per heavy atom. The average Bonchev–Trinajstić information content (AvgIpc) is 2.76. The predicted octanol–water partition coefficient (Wildman–Crippen LogP) is 3.03. The number of carbonyl (C=O) groups excluding carboxylic acids is 2. The lowest BCUT2D eigenvalue weighted by atomic mass is 10.2. The highest BCUT2D eigenvalue weighted by Gasteiger charge is 2.18. The summed E-state index contributed by atoms with van der Waals surface area (Å²) in [5.41, 5.74) is 1.36. The third kappa shape index (κ3) is 5.45. The van der Waals surface area contributed by atoms with E-state index in [1.165, 1.54) is 22.9 Å². The van der Waals surface area contributed by atoms with Crippen molar-refractivity contribution in [2.24, 2.45) is 0 Å². The Hall–Kier alpha value is -3.19. The molecule has 8 heteroatoms. The number of benzene rings is 2. The van der Waals surface area contributed by atoms with Gasteiger partial charge >= 0.3 is 5.97 Å². The van der Waals surface area contributed by atoms with Gasteiger partial charge < -0.3 is 9.64 Å². The highest BCUT2D eigenvalue weighted by molar-refractivity contribution is 6.30. The number of hydrogen-bond acceptors (Lipinski definition) is 5. The first kappa shape index (κ1) is 21.5. The molecule has 1 amide bonds. The molecule has 1 aromatic heterocycles. The molecule has 156 valence electrons. The number of rotatable bonds is 8. The maximum absolute atomic E-state index is 12.7. The zero-order chi connectivity index (χ0) is 21.5. The second-order valence-corrected chi connectivity index (χ2v) is 7.25. The summed E-state index contributed by atoms with van der Waals surface area (Å²) in [6.07, 6.45) is 2.12. The van der Waals surface area contributed by atoms with Crippen LogP contribution in [0.15, 0.2) is 59.7 Å². The van der Waals surface area contributed by atoms with E-state index in [2.05, 4.69) is 4.98 Å². The van der Waals surface area contributed by atoms with E-state index in [1.807, 2.05) is 6.07 Å². The normalized spacial score (nSPS) is 10.7. The number of amides is 1. The van der Waals surface area contributed by atoms with Gasteiger partial charge in [0.25, 0.3) is 5.56 Å². The summed E-state index contributed by atoms with van der Waals surface area (Å²) in [6.45, 7) is 0.480. The molecule has 0 aliphatic carbocycles. The van der Waals surface area contributed by atoms with Crippen LogP contribution in [-0.2, 0) is 27.4 Å². The molecular formula is C22H22ClN3O4. The fraction of sp³-hybridized carbons (Fsp3) is 0.273. The second-order valence-electron chi connectivity index (χ2n) is 6.82. The Morgan fingerprint density at radius 3 is 2.60 bits per heavy atom. The molecule has 0 saturated carbocycles. The van der Waals surface area contributed by atoms with E-state index in [1.54, 1.807) is 42.5 Å². The van der Waals surface area contributed by atoms with Gasteiger partial charge in [0.1, 0.15) is 6.54 Å². The van der Waals surface area contributed by atoms with Crippen LogP contribution in [0.25, 0.3) is 10.9 Å². The minimum Gasteiger partial charge on any atom is -0.468 e. The first-order chi connectivity index (χ1) is 14.5. The Morgan fingerprint density at radius 1 is 1.13 bits per heavy atom. The minimum absolute atomic E-state index is 0.138. The van der Waals surface area contributed by atoms with Crippen LogP contribution in [0.2, 0.25) is 5.02 Å². The van der Waals surface area contributed by atoms with Crippen molar-refractivity contribution in [2.45, 2.75) is 25.9 Å². The van der Waals surface area contributed by atoms with E-state index < -0.39 is 5.97 Å². The van der Waals surface area contributed by atoms with Crippen molar-refractivity contribution in [3.8, 4) is 0 Å². The third-order valence-electron chi connectivity index (χ3n) is 4.71. The molecule has 0 aliphatic heterocycles. The van der Waals surface area contributed by atoms with Crippen molar-refractivity contribution >= 4 is 34.4 Å². The zero-order valence-electron chi connectivity index (χ0n) is 16.6. The molecule has 3 rings (SSSR count). The summed E-state index contributed by atoms with van der Waals surface area (Å²) in [5.74, 6) is -0.690. The van der Waals surface area contributed by atoms with Gasteiger partial charge in [-0.15, -0.1) is 0 Å². The lowest BCUT2D eigenvalue weighted by molar-refractivity contribution is -0.147. The van der Waals surface area contributed by atoms with E-state index in [4.69, 9.17) is 16.3 Å². The molecule has 2 aromatic carbocycles. The second kappa shape index (κ2) is 10.0. The van der Waals surface area contributed by atoms with Gasteiger partial charge in [-0.1, -0.05) is 35.9 Å². The summed E-state index contributed by atoms with van der Waals surface area (Å²) in [6, 6.07) is 14.2. The molecule has 1 heterocycles. The van der Waals surface area contributed by atoms with E-state index in [0.717, 1.165) is 5.56 Å². The number of nitrogens with zero attached hydrogens (tertiary/aromatic N) is 3. The number of aromatic nitrogens is 2. The molecule has 7 nitrogen and oxygen atoms in total. The summed E-state index contributed by atoms with van der Waals surface area (Å²) in [5, 5.41) is 1.14. The van der Waals surface area contributed by atoms with Crippen molar-refractivity contribution in [2.75, 3.05) is 13.7 Å². The van der Waals surface area contributed by atoms with Crippen molar-refractivity contribution in [1.29, 1.82) is 0 Å². The molecule has 0 spiro atoms. The monoisotopic (exact) mass is 427 g/mol. The number of methoxy groups -OCH3 is 1. The summed E-state index contributed by atoms with van der Waals surface area (Å²) >= 11 is 5.91. The van der Waals surface area contributed by atoms with Gasteiger partial charge in [-0.25, -0.2) is 4.98 Å². The van der Waals surface area contributed by atoms with E-state index in [9.17, 15) is 14.4 Å². The van der Waals surface area contributed by atoms with Gasteiger partial charge in [0, 0.05) is 24.5 Å². The quantitative estimate of drug-likeness (QED) is 0.516. The lowest BCUT2D eigenvalue weighted by Gasteiger charge is -2.22. The van der Waals surface area contributed by atoms with E-state index in [-0.39, 0.29) is 31.0 Å². The minimum atomic E-state index is -0.493. The number of halogens is 1. The molecule has 0 saturated heterocycles. The van der Waals surface area contributed by atoms with E-state index in [0.29, 0.717) is 28.9 Å². The van der Waals surface area contributed by atoms with Gasteiger partial charge in [-0.3, -0.25) is 19.0 Å². The number of aryl methyl sites for hydroxylation is 1. The summed E-state index contributed by atoms with van der Waals surface area (Å²) in [7, 11) is 1.28. The fourth-order valence-corrected chi connectivity index (χ4v) is 3.21.